The van der Waals surface area contributed by atoms with Crippen molar-refractivity contribution >= 4 is 52.6 Å². The summed E-state index contributed by atoms with van der Waals surface area (Å²) >= 11 is 10.5. The number of aliphatic hydroxyl groups is 2. The highest BCUT2D eigenvalue weighted by Gasteiger charge is 2.26. The predicted molar refractivity (Wildman–Crippen MR) is 254 cm³/mol. The summed E-state index contributed by atoms with van der Waals surface area (Å²) in [6, 6.07) is 21.5. The Morgan fingerprint density at radius 1 is 0.788 bits per heavy atom. The van der Waals surface area contributed by atoms with Crippen molar-refractivity contribution < 1.29 is 39.0 Å². The molecule has 4 unspecified atom stereocenters. The quantitative estimate of drug-likeness (QED) is 0.0522. The zero-order valence-electron chi connectivity index (χ0n) is 37.3. The topological polar surface area (TPSA) is 254 Å². The summed E-state index contributed by atoms with van der Waals surface area (Å²) in [4.78, 5) is 54.2. The van der Waals surface area contributed by atoms with E-state index in [2.05, 4.69) is 54.4 Å². The number of nitrogen functional groups attached to an aromatic ring is 2. The lowest BCUT2D eigenvalue weighted by molar-refractivity contribution is -0.906. The number of alkyl halides is 1. The van der Waals surface area contributed by atoms with Gasteiger partial charge in [-0.1, -0.05) is 61.3 Å². The van der Waals surface area contributed by atoms with E-state index >= 15 is 0 Å². The molecule has 19 heteroatoms. The Balaban J connectivity index is 0.000000322. The van der Waals surface area contributed by atoms with E-state index in [9.17, 15) is 24.6 Å². The zero-order valence-corrected chi connectivity index (χ0v) is 38.8. The van der Waals surface area contributed by atoms with Crippen LogP contribution in [0.25, 0.3) is 0 Å². The molecule has 0 radical (unpaired) electrons. The van der Waals surface area contributed by atoms with Crippen LogP contribution in [0.15, 0.2) is 97.6 Å². The second kappa shape index (κ2) is 28.7. The Labute approximate surface area is 395 Å². The summed E-state index contributed by atoms with van der Waals surface area (Å²) in [5.41, 5.74) is 15.3. The molecule has 3 aromatic heterocycles. The van der Waals surface area contributed by atoms with E-state index < -0.39 is 18.0 Å². The lowest BCUT2D eigenvalue weighted by atomic mass is 10.0. The van der Waals surface area contributed by atoms with Crippen molar-refractivity contribution in [2.24, 2.45) is 0 Å². The summed E-state index contributed by atoms with van der Waals surface area (Å²) in [6.07, 6.45) is 13.9. The Hall–Kier alpha value is -6.11. The van der Waals surface area contributed by atoms with Crippen LogP contribution < -0.4 is 41.8 Å². The van der Waals surface area contributed by atoms with Crippen LogP contribution in [0, 0.1) is 0 Å². The van der Waals surface area contributed by atoms with Crippen LogP contribution in [-0.2, 0) is 22.4 Å². The molecule has 5 aromatic rings. The van der Waals surface area contributed by atoms with Crippen LogP contribution in [0.1, 0.15) is 77.4 Å². The third kappa shape index (κ3) is 17.7. The summed E-state index contributed by atoms with van der Waals surface area (Å²) < 4.78 is 11.1. The summed E-state index contributed by atoms with van der Waals surface area (Å²) in [6.45, 7) is 4.30. The van der Waals surface area contributed by atoms with E-state index in [0.717, 1.165) is 69.3 Å². The van der Waals surface area contributed by atoms with Crippen molar-refractivity contribution in [3.63, 3.8) is 0 Å². The fraction of sp³-hybridized carbons (Fsp3) is 0.383. The number of carbonyl (C=O) groups is 3. The molecule has 0 bridgehead atoms. The van der Waals surface area contributed by atoms with Crippen molar-refractivity contribution in [1.82, 2.24) is 35.9 Å². The molecular formula is C47H61Cl2N10O7+. The van der Waals surface area contributed by atoms with Gasteiger partial charge in [0.25, 0.3) is 17.7 Å². The smallest absolute Gasteiger partial charge is 0.274 e. The van der Waals surface area contributed by atoms with Gasteiger partial charge in [0.05, 0.1) is 51.0 Å². The number of aryl methyl sites for hydroxylation is 2. The number of piperidine rings is 1. The number of ether oxygens (including phenoxy) is 2. The lowest BCUT2D eigenvalue weighted by Crippen LogP contribution is -3.14. The fourth-order valence-corrected chi connectivity index (χ4v) is 7.23. The van der Waals surface area contributed by atoms with Crippen LogP contribution in [0.2, 0.25) is 5.15 Å². The van der Waals surface area contributed by atoms with Gasteiger partial charge in [0, 0.05) is 37.6 Å². The summed E-state index contributed by atoms with van der Waals surface area (Å²) in [5, 5.41) is 27.5. The number of aromatic nitrogens is 4. The molecule has 1 saturated heterocycles. The molecule has 3 amide bonds. The molecule has 2 aromatic carbocycles. The van der Waals surface area contributed by atoms with Gasteiger partial charge in [-0.3, -0.25) is 24.4 Å². The molecule has 0 spiro atoms. The van der Waals surface area contributed by atoms with Gasteiger partial charge in [-0.2, -0.15) is 0 Å². The Bertz CT molecular complexity index is 2210. The molecule has 4 heterocycles. The largest absolute Gasteiger partial charge is 0.484 e. The molecule has 6 rings (SSSR count). The minimum atomic E-state index is -0.535. The number of hydrogen-bond acceptors (Lipinski definition) is 13. The number of nitrogens with two attached hydrogens (primary N) is 2. The van der Waals surface area contributed by atoms with Crippen molar-refractivity contribution in [3.8, 4) is 11.5 Å². The highest BCUT2D eigenvalue weighted by Crippen LogP contribution is 2.19. The summed E-state index contributed by atoms with van der Waals surface area (Å²) in [7, 11) is 0. The lowest BCUT2D eigenvalue weighted by Gasteiger charge is -2.30. The Morgan fingerprint density at radius 3 is 1.80 bits per heavy atom. The van der Waals surface area contributed by atoms with Gasteiger partial charge in [0.1, 0.15) is 11.5 Å². The molecule has 0 aliphatic carbocycles. The van der Waals surface area contributed by atoms with E-state index in [1.54, 1.807) is 43.0 Å². The number of aliphatic hydroxyl groups excluding tert-OH is 2. The van der Waals surface area contributed by atoms with E-state index in [0.29, 0.717) is 11.5 Å². The zero-order chi connectivity index (χ0) is 47.7. The van der Waals surface area contributed by atoms with Gasteiger partial charge in [-0.25, -0.2) is 9.97 Å². The number of anilines is 2. The molecular weight excluding hydrogens is 887 g/mol. The first-order valence-corrected chi connectivity index (χ1v) is 22.8. The first-order valence-electron chi connectivity index (χ1n) is 21.7. The number of rotatable bonds is 20. The van der Waals surface area contributed by atoms with E-state index in [1.807, 2.05) is 54.6 Å². The van der Waals surface area contributed by atoms with E-state index in [4.69, 9.17) is 32.5 Å². The number of quaternary nitrogens is 1. The normalized spacial score (nSPS) is 15.0. The van der Waals surface area contributed by atoms with Gasteiger partial charge in [0.15, 0.2) is 35.7 Å². The van der Waals surface area contributed by atoms with Gasteiger partial charge in [-0.05, 0) is 84.3 Å². The van der Waals surface area contributed by atoms with Crippen LogP contribution in [0.4, 0.5) is 11.6 Å². The molecule has 1 fully saturated rings. The fourth-order valence-electron chi connectivity index (χ4n) is 7.10. The van der Waals surface area contributed by atoms with Crippen LogP contribution in [0.5, 0.6) is 11.5 Å². The monoisotopic (exact) mass is 947 g/mol. The SMILES string of the molecule is CCCc1ccc(OCC(=O)NC(CO)c2cccnc2)cc1.CCl.Nc1nc(N)c(C(=O)NC2CCC[NH+](CCCc3ccc(OCC(=O)NC(CO)c4cccnc4)cc3)C2)nc1Cl. The average Bonchev–Trinajstić information content (AvgIpc) is 3.34. The van der Waals surface area contributed by atoms with Crippen LogP contribution in [0.3, 0.4) is 0 Å². The van der Waals surface area contributed by atoms with Gasteiger partial charge in [-0.15, -0.1) is 11.6 Å². The van der Waals surface area contributed by atoms with Crippen LogP contribution in [-0.4, -0.2) is 106 Å². The molecule has 0 saturated carbocycles. The predicted octanol–water partition coefficient (Wildman–Crippen LogP) is 3.45. The first-order chi connectivity index (χ1) is 32.0. The number of hydrogen-bond donors (Lipinski definition) is 8. The number of benzene rings is 2. The van der Waals surface area contributed by atoms with Gasteiger partial charge >= 0.3 is 0 Å². The van der Waals surface area contributed by atoms with Crippen LogP contribution >= 0.6 is 23.2 Å². The highest BCUT2D eigenvalue weighted by atomic mass is 35.5. The van der Waals surface area contributed by atoms with Crippen molar-refractivity contribution in [2.45, 2.75) is 63.6 Å². The van der Waals surface area contributed by atoms with E-state index in [-0.39, 0.29) is 66.8 Å². The molecule has 17 nitrogen and oxygen atoms in total. The standard InChI is InChI=1S/C28H35ClN8O4.C18H22N2O3.CH3Cl/c29-25-27(31)36-26(30)24(35-25)28(40)33-20-6-3-13-37(15-20)12-2-4-18-7-9-21(10-8-18)41-17-23(39)34-22(16-38)19-5-1-11-32-14-19;1-2-4-14-6-8-16(9-7-14)23-13-18(22)20-17(12-21)15-5-3-10-19-11-15;1-2/h1,5,7-11,14,20,22,38H,2-4,6,12-13,15-17H2,(H,33,40)(H,34,39)(H4,30,31,36);3,5-11,17,21H,2,4,12-13H2,1H3,(H,20,22);1H3/p+1. The maximum absolute atomic E-state index is 12.7. The number of amides is 3. The summed E-state index contributed by atoms with van der Waals surface area (Å²) in [5.74, 6) is 0.189. The third-order valence-electron chi connectivity index (χ3n) is 10.4. The number of nitrogens with zero attached hydrogens (tertiary/aromatic N) is 4. The van der Waals surface area contributed by atoms with Crippen molar-refractivity contribution in [2.75, 3.05) is 63.9 Å². The van der Waals surface area contributed by atoms with Gasteiger partial charge < -0.3 is 52.0 Å². The van der Waals surface area contributed by atoms with Crippen molar-refractivity contribution in [1.29, 1.82) is 0 Å². The maximum Gasteiger partial charge on any atom is 0.274 e. The average molecular weight is 949 g/mol. The highest BCUT2D eigenvalue weighted by molar-refractivity contribution is 6.31. The maximum atomic E-state index is 12.7. The molecule has 4 atom stereocenters. The minimum Gasteiger partial charge on any atom is -0.484 e. The van der Waals surface area contributed by atoms with Gasteiger partial charge in [0.2, 0.25) is 0 Å². The third-order valence-corrected chi connectivity index (χ3v) is 10.7. The second-order valence-corrected chi connectivity index (χ2v) is 15.7. The molecule has 1 aliphatic heterocycles. The molecule has 1 aliphatic rings. The second-order valence-electron chi connectivity index (χ2n) is 15.3. The first kappa shape index (κ1) is 52.5. The Morgan fingerprint density at radius 2 is 1.32 bits per heavy atom. The number of likely N-dealkylation sites (tertiary alicyclic amines) is 1. The number of nitrogens with one attached hydrogen (secondary N) is 4. The number of pyridine rings is 2. The molecule has 66 heavy (non-hydrogen) atoms. The molecule has 354 valence electrons. The minimum absolute atomic E-state index is 0.00633. The number of carbonyl (C=O) groups excluding carboxylic acids is 3. The Kier molecular flexibility index (Phi) is 22.9. The molecule has 10 N–H and O–H groups in total. The van der Waals surface area contributed by atoms with E-state index in [1.165, 1.54) is 22.4 Å². The van der Waals surface area contributed by atoms with Crippen molar-refractivity contribution in [3.05, 3.63) is 131 Å². The number of halogens is 2.